The van der Waals surface area contributed by atoms with E-state index < -0.39 is 15.1 Å². The van der Waals surface area contributed by atoms with Crippen LogP contribution in [0.5, 0.6) is 0 Å². The summed E-state index contributed by atoms with van der Waals surface area (Å²) in [6.45, 7) is 9.66. The number of fused-ring (bicyclic) bond motifs is 1. The Bertz CT molecular complexity index is 1430. The fraction of sp³-hybridized carbons (Fsp3) is 0.583. The Kier molecular flexibility index (Phi) is 7.92. The van der Waals surface area contributed by atoms with Gasteiger partial charge < -0.3 is 14.7 Å². The molecule has 7 rings (SSSR count). The van der Waals surface area contributed by atoms with E-state index in [0.29, 0.717) is 16.2 Å². The van der Waals surface area contributed by atoms with Crippen LogP contribution in [0.1, 0.15) is 62.5 Å². The summed E-state index contributed by atoms with van der Waals surface area (Å²) in [4.78, 5) is 18.7. The van der Waals surface area contributed by atoms with Gasteiger partial charge >= 0.3 is 0 Å². The first kappa shape index (κ1) is 29.1. The van der Waals surface area contributed by atoms with Crippen molar-refractivity contribution in [3.05, 3.63) is 72.3 Å². The molecular formula is C36H47N3O3S. The number of piperidine rings is 1. The van der Waals surface area contributed by atoms with E-state index in [1.54, 1.807) is 23.3 Å². The smallest absolute Gasteiger partial charge is 0.246 e. The van der Waals surface area contributed by atoms with E-state index in [1.165, 1.54) is 88.4 Å². The van der Waals surface area contributed by atoms with Gasteiger partial charge in [-0.1, -0.05) is 43.7 Å². The van der Waals surface area contributed by atoms with Crippen LogP contribution in [-0.2, 0) is 26.5 Å². The molecule has 0 spiro atoms. The van der Waals surface area contributed by atoms with Crippen LogP contribution in [0.3, 0.4) is 0 Å². The average molecular weight is 602 g/mol. The fourth-order valence-electron chi connectivity index (χ4n) is 9.40. The standard InChI is InChI=1S/C36H47N3O3S/c1-2-35(40)39-25-33(26-39)43(41,42)32-15-13-31(14-16-32)38-23-27(24-38)22-37-20-17-30(18-21-37)36(29-10-4-5-11-29)19-7-9-28-8-3-6-12-34(28)36/h2-3,6,8,12-16,27,29-30,33H,1,4-5,7,9-11,17-26H2. The lowest BCUT2D eigenvalue weighted by molar-refractivity contribution is -0.128. The number of likely N-dealkylation sites (tertiary alicyclic amines) is 2. The lowest BCUT2D eigenvalue weighted by atomic mass is 9.54. The summed E-state index contributed by atoms with van der Waals surface area (Å²) in [6.07, 6.45) is 13.6. The number of hydrogen-bond donors (Lipinski definition) is 0. The van der Waals surface area contributed by atoms with Gasteiger partial charge in [-0.2, -0.15) is 0 Å². The molecule has 230 valence electrons. The molecule has 5 aliphatic rings. The van der Waals surface area contributed by atoms with Crippen molar-refractivity contribution in [1.82, 2.24) is 9.80 Å². The third kappa shape index (κ3) is 5.24. The molecule has 7 heteroatoms. The molecule has 1 unspecified atom stereocenters. The van der Waals surface area contributed by atoms with E-state index >= 15 is 0 Å². The molecule has 0 aromatic heterocycles. The first-order valence-corrected chi connectivity index (χ1v) is 18.2. The Morgan fingerprint density at radius 3 is 2.26 bits per heavy atom. The number of hydrogen-bond acceptors (Lipinski definition) is 5. The van der Waals surface area contributed by atoms with Gasteiger partial charge in [0.25, 0.3) is 0 Å². The molecule has 2 aliphatic carbocycles. The van der Waals surface area contributed by atoms with Crippen molar-refractivity contribution in [3.8, 4) is 0 Å². The van der Waals surface area contributed by atoms with Crippen molar-refractivity contribution in [1.29, 1.82) is 0 Å². The summed E-state index contributed by atoms with van der Waals surface area (Å²) in [5.41, 5.74) is 4.86. The highest BCUT2D eigenvalue weighted by Gasteiger charge is 2.49. The van der Waals surface area contributed by atoms with Crippen molar-refractivity contribution in [2.24, 2.45) is 17.8 Å². The van der Waals surface area contributed by atoms with Crippen LogP contribution >= 0.6 is 0 Å². The van der Waals surface area contributed by atoms with Crippen molar-refractivity contribution in [2.45, 2.75) is 73.3 Å². The number of aryl methyl sites for hydroxylation is 1. The molecule has 2 aromatic rings. The zero-order valence-electron chi connectivity index (χ0n) is 25.5. The Morgan fingerprint density at radius 2 is 1.56 bits per heavy atom. The Hall–Kier alpha value is -2.64. The van der Waals surface area contributed by atoms with Gasteiger partial charge in [0.2, 0.25) is 5.91 Å². The second kappa shape index (κ2) is 11.7. The second-order valence-electron chi connectivity index (χ2n) is 14.0. The van der Waals surface area contributed by atoms with Crippen molar-refractivity contribution in [3.63, 3.8) is 0 Å². The van der Waals surface area contributed by atoms with Gasteiger partial charge in [0, 0.05) is 49.7 Å². The van der Waals surface area contributed by atoms with Gasteiger partial charge in [-0.25, -0.2) is 8.42 Å². The van der Waals surface area contributed by atoms with Crippen LogP contribution < -0.4 is 4.90 Å². The predicted octanol–water partition coefficient (Wildman–Crippen LogP) is 5.47. The number of benzene rings is 2. The third-order valence-corrected chi connectivity index (χ3v) is 13.8. The summed E-state index contributed by atoms with van der Waals surface area (Å²) in [5, 5.41) is -0.527. The van der Waals surface area contributed by atoms with Crippen LogP contribution in [0.25, 0.3) is 0 Å². The Balaban J connectivity index is 0.921. The SMILES string of the molecule is C=CC(=O)N1CC(S(=O)(=O)c2ccc(N3CC(CN4CCC(C5(C6CCCC6)CCCc6ccccc65)CC4)C3)cc2)C1. The molecule has 1 atom stereocenters. The number of rotatable bonds is 8. The van der Waals surface area contributed by atoms with Crippen molar-refractivity contribution < 1.29 is 13.2 Å². The van der Waals surface area contributed by atoms with Gasteiger partial charge in [-0.15, -0.1) is 0 Å². The molecule has 3 aliphatic heterocycles. The molecule has 4 fully saturated rings. The van der Waals surface area contributed by atoms with Crippen LogP contribution in [0.2, 0.25) is 0 Å². The number of carbonyl (C=O) groups excluding carboxylic acids is 1. The molecule has 6 nitrogen and oxygen atoms in total. The molecule has 2 aromatic carbocycles. The maximum Gasteiger partial charge on any atom is 0.246 e. The van der Waals surface area contributed by atoms with E-state index in [0.717, 1.165) is 30.6 Å². The van der Waals surface area contributed by atoms with Crippen molar-refractivity contribution in [2.75, 3.05) is 50.7 Å². The van der Waals surface area contributed by atoms with Gasteiger partial charge in [-0.05, 0) is 111 Å². The van der Waals surface area contributed by atoms with E-state index in [2.05, 4.69) is 40.6 Å². The molecule has 3 saturated heterocycles. The molecule has 0 radical (unpaired) electrons. The minimum Gasteiger partial charge on any atom is -0.371 e. The molecule has 43 heavy (non-hydrogen) atoms. The summed E-state index contributed by atoms with van der Waals surface area (Å²) in [6, 6.07) is 16.8. The summed E-state index contributed by atoms with van der Waals surface area (Å²) in [5.74, 6) is 2.15. The Labute approximate surface area is 258 Å². The highest BCUT2D eigenvalue weighted by molar-refractivity contribution is 7.92. The van der Waals surface area contributed by atoms with Gasteiger partial charge in [0.1, 0.15) is 5.25 Å². The van der Waals surface area contributed by atoms with Crippen molar-refractivity contribution >= 4 is 21.4 Å². The van der Waals surface area contributed by atoms with Crippen LogP contribution in [0.15, 0.2) is 66.1 Å². The zero-order chi connectivity index (χ0) is 29.6. The second-order valence-corrected chi connectivity index (χ2v) is 16.2. The third-order valence-electron chi connectivity index (χ3n) is 11.7. The van der Waals surface area contributed by atoms with Gasteiger partial charge in [0.05, 0.1) is 4.90 Å². The number of nitrogens with zero attached hydrogens (tertiary/aromatic N) is 3. The minimum absolute atomic E-state index is 0.207. The fourth-order valence-corrected chi connectivity index (χ4v) is 11.0. The lowest BCUT2D eigenvalue weighted by Gasteiger charge is -2.52. The number of amides is 1. The number of carbonyl (C=O) groups is 1. The highest BCUT2D eigenvalue weighted by atomic mass is 32.2. The van der Waals surface area contributed by atoms with E-state index in [4.69, 9.17) is 0 Å². The van der Waals surface area contributed by atoms with Gasteiger partial charge in [0.15, 0.2) is 9.84 Å². The molecule has 0 N–H and O–H groups in total. The molecule has 3 heterocycles. The Morgan fingerprint density at radius 1 is 0.884 bits per heavy atom. The van der Waals surface area contributed by atoms with Gasteiger partial charge in [-0.3, -0.25) is 4.79 Å². The molecule has 0 bridgehead atoms. The van der Waals surface area contributed by atoms with Crippen LogP contribution in [-0.4, -0.2) is 75.2 Å². The topological polar surface area (TPSA) is 60.9 Å². The van der Waals surface area contributed by atoms with E-state index in [-0.39, 0.29) is 19.0 Å². The van der Waals surface area contributed by atoms with Crippen LogP contribution in [0, 0.1) is 17.8 Å². The monoisotopic (exact) mass is 601 g/mol. The maximum atomic E-state index is 13.0. The first-order valence-electron chi connectivity index (χ1n) is 16.7. The normalized spacial score (nSPS) is 26.1. The summed E-state index contributed by atoms with van der Waals surface area (Å²) >= 11 is 0. The predicted molar refractivity (Wildman–Crippen MR) is 172 cm³/mol. The zero-order valence-corrected chi connectivity index (χ0v) is 26.3. The molecular weight excluding hydrogens is 554 g/mol. The summed E-state index contributed by atoms with van der Waals surface area (Å²) < 4.78 is 26.0. The minimum atomic E-state index is -3.43. The maximum absolute atomic E-state index is 13.0. The van der Waals surface area contributed by atoms with E-state index in [1.807, 2.05) is 12.1 Å². The highest BCUT2D eigenvalue weighted by Crippen LogP contribution is 2.55. The number of sulfone groups is 1. The quantitative estimate of drug-likeness (QED) is 0.376. The average Bonchev–Trinajstić information content (AvgIpc) is 3.53. The summed E-state index contributed by atoms with van der Waals surface area (Å²) in [7, 11) is -3.43. The first-order chi connectivity index (χ1) is 20.9. The van der Waals surface area contributed by atoms with Crippen LogP contribution in [0.4, 0.5) is 5.69 Å². The number of anilines is 1. The molecule has 1 saturated carbocycles. The van der Waals surface area contributed by atoms with E-state index in [9.17, 15) is 13.2 Å². The lowest BCUT2D eigenvalue weighted by Crippen LogP contribution is -2.56. The largest absolute Gasteiger partial charge is 0.371 e. The molecule has 1 amide bonds.